The van der Waals surface area contributed by atoms with Gasteiger partial charge in [0.1, 0.15) is 11.8 Å². The molecule has 2 heterocycles. The zero-order chi connectivity index (χ0) is 9.26. The van der Waals surface area contributed by atoms with E-state index in [0.717, 1.165) is 5.56 Å². The Morgan fingerprint density at radius 1 is 1.62 bits per heavy atom. The third-order valence-electron chi connectivity index (χ3n) is 1.83. The molecule has 68 valence electrons. The molecule has 2 rings (SSSR count). The first-order valence-corrected chi connectivity index (χ1v) is 4.18. The molecule has 0 radical (unpaired) electrons. The lowest BCUT2D eigenvalue weighted by molar-refractivity contribution is 0.177. The van der Waals surface area contributed by atoms with Crippen LogP contribution in [-0.4, -0.2) is 17.7 Å². The molecule has 1 aliphatic heterocycles. The Morgan fingerprint density at radius 3 is 3.00 bits per heavy atom. The van der Waals surface area contributed by atoms with Gasteiger partial charge < -0.3 is 10.1 Å². The van der Waals surface area contributed by atoms with Crippen molar-refractivity contribution in [3.63, 3.8) is 0 Å². The highest BCUT2D eigenvalue weighted by Gasteiger charge is 2.23. The smallest absolute Gasteiger partial charge is 0.407 e. The number of pyridine rings is 1. The summed E-state index contributed by atoms with van der Waals surface area (Å²) in [5.74, 6) is 0. The van der Waals surface area contributed by atoms with Crippen LogP contribution in [0.2, 0.25) is 5.15 Å². The van der Waals surface area contributed by atoms with Crippen LogP contribution in [0.4, 0.5) is 4.79 Å². The summed E-state index contributed by atoms with van der Waals surface area (Å²) in [5.41, 5.74) is 0.898. The average molecular weight is 199 g/mol. The van der Waals surface area contributed by atoms with Crippen molar-refractivity contribution in [3.8, 4) is 0 Å². The molecule has 0 unspecified atom stereocenters. The van der Waals surface area contributed by atoms with E-state index in [4.69, 9.17) is 16.3 Å². The van der Waals surface area contributed by atoms with Gasteiger partial charge in [-0.1, -0.05) is 17.7 Å². The van der Waals surface area contributed by atoms with E-state index in [1.165, 1.54) is 0 Å². The van der Waals surface area contributed by atoms with Crippen LogP contribution in [0.5, 0.6) is 0 Å². The van der Waals surface area contributed by atoms with Gasteiger partial charge >= 0.3 is 6.09 Å². The molecule has 13 heavy (non-hydrogen) atoms. The first-order valence-electron chi connectivity index (χ1n) is 3.80. The van der Waals surface area contributed by atoms with E-state index in [9.17, 15) is 4.79 Å². The van der Waals surface area contributed by atoms with Gasteiger partial charge in [-0.25, -0.2) is 9.78 Å². The molecule has 1 fully saturated rings. The molecule has 1 atom stereocenters. The first-order chi connectivity index (χ1) is 6.25. The van der Waals surface area contributed by atoms with E-state index in [1.54, 1.807) is 12.3 Å². The topological polar surface area (TPSA) is 51.2 Å². The SMILES string of the molecule is O=C1N[C@@H](c2ccc(Cl)nc2)CO1. The van der Waals surface area contributed by atoms with Crippen LogP contribution in [-0.2, 0) is 4.74 Å². The predicted molar refractivity (Wildman–Crippen MR) is 46.5 cm³/mol. The van der Waals surface area contributed by atoms with Crippen molar-refractivity contribution < 1.29 is 9.53 Å². The van der Waals surface area contributed by atoms with Crippen molar-refractivity contribution in [2.75, 3.05) is 6.61 Å². The molecular formula is C8H7ClN2O2. The van der Waals surface area contributed by atoms with E-state index in [2.05, 4.69) is 10.3 Å². The number of aromatic nitrogens is 1. The number of amides is 1. The van der Waals surface area contributed by atoms with Crippen LogP contribution in [0.15, 0.2) is 18.3 Å². The van der Waals surface area contributed by atoms with Gasteiger partial charge in [-0.3, -0.25) is 0 Å². The van der Waals surface area contributed by atoms with Gasteiger partial charge in [-0.05, 0) is 11.6 Å². The number of cyclic esters (lactones) is 1. The molecule has 0 spiro atoms. The van der Waals surface area contributed by atoms with Gasteiger partial charge in [0, 0.05) is 6.20 Å². The summed E-state index contributed by atoms with van der Waals surface area (Å²) in [6.07, 6.45) is 1.24. The lowest BCUT2D eigenvalue weighted by Gasteiger charge is -2.05. The molecule has 1 aromatic heterocycles. The molecule has 0 bridgehead atoms. The Hall–Kier alpha value is -1.29. The molecule has 4 nitrogen and oxygen atoms in total. The van der Waals surface area contributed by atoms with Gasteiger partial charge in [0.2, 0.25) is 0 Å². The minimum absolute atomic E-state index is 0.0998. The minimum Gasteiger partial charge on any atom is -0.447 e. The standard InChI is InChI=1S/C8H7ClN2O2/c9-7-2-1-5(3-10-7)6-4-13-8(12)11-6/h1-3,6H,4H2,(H,11,12)/t6-/m1/s1. The monoisotopic (exact) mass is 198 g/mol. The number of carbonyl (C=O) groups excluding carboxylic acids is 1. The molecule has 1 aromatic rings. The van der Waals surface area contributed by atoms with Gasteiger partial charge in [0.25, 0.3) is 0 Å². The van der Waals surface area contributed by atoms with Gasteiger partial charge in [-0.15, -0.1) is 0 Å². The number of hydrogen-bond donors (Lipinski definition) is 1. The Labute approximate surface area is 79.9 Å². The second kappa shape index (κ2) is 3.22. The van der Waals surface area contributed by atoms with Crippen LogP contribution in [0.25, 0.3) is 0 Å². The Morgan fingerprint density at radius 2 is 2.46 bits per heavy atom. The summed E-state index contributed by atoms with van der Waals surface area (Å²) >= 11 is 5.62. The number of hydrogen-bond acceptors (Lipinski definition) is 3. The van der Waals surface area contributed by atoms with Gasteiger partial charge in [0.15, 0.2) is 0 Å². The summed E-state index contributed by atoms with van der Waals surface area (Å²) in [6, 6.07) is 3.40. The molecule has 0 aromatic carbocycles. The van der Waals surface area contributed by atoms with Crippen molar-refractivity contribution in [2.45, 2.75) is 6.04 Å². The maximum atomic E-state index is 10.7. The molecule has 0 saturated carbocycles. The van der Waals surface area contributed by atoms with Crippen molar-refractivity contribution in [3.05, 3.63) is 29.0 Å². The highest BCUT2D eigenvalue weighted by atomic mass is 35.5. The maximum absolute atomic E-state index is 10.7. The van der Waals surface area contributed by atoms with Gasteiger partial charge in [-0.2, -0.15) is 0 Å². The minimum atomic E-state index is -0.389. The normalized spacial score (nSPS) is 21.0. The average Bonchev–Trinajstić information content (AvgIpc) is 2.53. The zero-order valence-corrected chi connectivity index (χ0v) is 7.41. The highest BCUT2D eigenvalue weighted by molar-refractivity contribution is 6.29. The number of nitrogens with one attached hydrogen (secondary N) is 1. The summed E-state index contributed by atoms with van der Waals surface area (Å²) < 4.78 is 4.74. The van der Waals surface area contributed by atoms with Crippen LogP contribution in [0.3, 0.4) is 0 Å². The fraction of sp³-hybridized carbons (Fsp3) is 0.250. The summed E-state index contributed by atoms with van der Waals surface area (Å²) in [6.45, 7) is 0.349. The second-order valence-corrected chi connectivity index (χ2v) is 3.10. The van der Waals surface area contributed by atoms with E-state index in [1.807, 2.05) is 6.07 Å². The largest absolute Gasteiger partial charge is 0.447 e. The Bertz CT molecular complexity index is 325. The third kappa shape index (κ3) is 1.72. The van der Waals surface area contributed by atoms with Crippen molar-refractivity contribution in [1.29, 1.82) is 0 Å². The lowest BCUT2D eigenvalue weighted by atomic mass is 10.1. The lowest BCUT2D eigenvalue weighted by Crippen LogP contribution is -2.18. The fourth-order valence-electron chi connectivity index (χ4n) is 1.16. The fourth-order valence-corrected chi connectivity index (χ4v) is 1.27. The third-order valence-corrected chi connectivity index (χ3v) is 2.05. The number of ether oxygens (including phenoxy) is 1. The van der Waals surface area contributed by atoms with Crippen LogP contribution in [0.1, 0.15) is 11.6 Å². The number of nitrogens with zero attached hydrogens (tertiary/aromatic N) is 1. The number of carbonyl (C=O) groups is 1. The number of alkyl carbamates (subject to hydrolysis) is 1. The second-order valence-electron chi connectivity index (χ2n) is 2.71. The Balaban J connectivity index is 2.17. The molecule has 1 aliphatic rings. The maximum Gasteiger partial charge on any atom is 0.407 e. The van der Waals surface area contributed by atoms with Crippen molar-refractivity contribution in [2.24, 2.45) is 0 Å². The molecule has 0 aliphatic carbocycles. The quantitative estimate of drug-likeness (QED) is 0.696. The van der Waals surface area contributed by atoms with E-state index in [0.29, 0.717) is 11.8 Å². The van der Waals surface area contributed by atoms with Crippen LogP contribution in [0, 0.1) is 0 Å². The van der Waals surface area contributed by atoms with Gasteiger partial charge in [0.05, 0.1) is 6.04 Å². The molecule has 5 heteroatoms. The van der Waals surface area contributed by atoms with Crippen molar-refractivity contribution >= 4 is 17.7 Å². The van der Waals surface area contributed by atoms with E-state index in [-0.39, 0.29) is 12.1 Å². The molecule has 1 amide bonds. The predicted octanol–water partition coefficient (Wildman–Crippen LogP) is 1.52. The Kier molecular flexibility index (Phi) is 2.06. The summed E-state index contributed by atoms with van der Waals surface area (Å²) in [5, 5.41) is 3.08. The highest BCUT2D eigenvalue weighted by Crippen LogP contribution is 2.17. The summed E-state index contributed by atoms with van der Waals surface area (Å²) in [4.78, 5) is 14.6. The molecule has 1 N–H and O–H groups in total. The zero-order valence-electron chi connectivity index (χ0n) is 6.66. The molecule has 1 saturated heterocycles. The van der Waals surface area contributed by atoms with E-state index < -0.39 is 0 Å². The van der Waals surface area contributed by atoms with Crippen LogP contribution < -0.4 is 5.32 Å². The van der Waals surface area contributed by atoms with Crippen LogP contribution >= 0.6 is 11.6 Å². The number of halogens is 1. The van der Waals surface area contributed by atoms with Crippen molar-refractivity contribution in [1.82, 2.24) is 10.3 Å². The number of rotatable bonds is 1. The first kappa shape index (κ1) is 8.31. The molecular weight excluding hydrogens is 192 g/mol. The van der Waals surface area contributed by atoms with E-state index >= 15 is 0 Å². The summed E-state index contributed by atoms with van der Waals surface area (Å²) in [7, 11) is 0.